The van der Waals surface area contributed by atoms with Crippen LogP contribution < -0.4 is 10.9 Å². The van der Waals surface area contributed by atoms with Crippen molar-refractivity contribution < 1.29 is 4.79 Å². The minimum absolute atomic E-state index is 0.0304. The molecular weight excluding hydrogens is 256 g/mol. The number of rotatable bonds is 3. The second-order valence-corrected chi connectivity index (χ2v) is 5.63. The molecule has 2 N–H and O–H groups in total. The van der Waals surface area contributed by atoms with Crippen LogP contribution in [0.3, 0.4) is 0 Å². The highest BCUT2D eigenvalue weighted by molar-refractivity contribution is 5.89. The molecule has 0 saturated carbocycles. The second-order valence-electron chi connectivity index (χ2n) is 5.63. The molecule has 2 heterocycles. The van der Waals surface area contributed by atoms with Crippen LogP contribution in [0.5, 0.6) is 0 Å². The predicted molar refractivity (Wildman–Crippen MR) is 76.6 cm³/mol. The van der Waals surface area contributed by atoms with E-state index in [4.69, 9.17) is 0 Å². The van der Waals surface area contributed by atoms with Crippen molar-refractivity contribution in [2.75, 3.05) is 5.32 Å². The molecule has 0 unspecified atom stereocenters. The molecule has 0 aliphatic heterocycles. The first-order valence-corrected chi connectivity index (χ1v) is 6.37. The van der Waals surface area contributed by atoms with E-state index in [1.54, 1.807) is 24.4 Å². The van der Waals surface area contributed by atoms with Crippen molar-refractivity contribution in [2.24, 2.45) is 0 Å². The van der Waals surface area contributed by atoms with Gasteiger partial charge in [-0.25, -0.2) is 0 Å². The molecule has 0 fully saturated rings. The molecule has 106 valence electrons. The molecule has 2 aromatic heterocycles. The van der Waals surface area contributed by atoms with E-state index in [1.165, 1.54) is 10.6 Å². The largest absolute Gasteiger partial charge is 0.308 e. The fourth-order valence-electron chi connectivity index (χ4n) is 1.70. The van der Waals surface area contributed by atoms with Gasteiger partial charge in [0.1, 0.15) is 6.54 Å². The zero-order valence-corrected chi connectivity index (χ0v) is 11.8. The topological polar surface area (TPSA) is 79.8 Å². The molecule has 0 saturated heterocycles. The first kappa shape index (κ1) is 14.0. The summed E-state index contributed by atoms with van der Waals surface area (Å²) in [5, 5.41) is 9.60. The summed E-state index contributed by atoms with van der Waals surface area (Å²) in [4.78, 5) is 23.4. The molecule has 20 heavy (non-hydrogen) atoms. The highest BCUT2D eigenvalue weighted by atomic mass is 16.2. The van der Waals surface area contributed by atoms with E-state index in [0.29, 0.717) is 5.82 Å². The molecule has 6 nitrogen and oxygen atoms in total. The van der Waals surface area contributed by atoms with Gasteiger partial charge < -0.3 is 9.88 Å². The Balaban J connectivity index is 2.04. The molecule has 0 aromatic carbocycles. The van der Waals surface area contributed by atoms with Crippen molar-refractivity contribution in [3.8, 4) is 0 Å². The lowest BCUT2D eigenvalue weighted by atomic mass is 9.92. The van der Waals surface area contributed by atoms with Crippen molar-refractivity contribution in [3.05, 3.63) is 46.5 Å². The smallest absolute Gasteiger partial charge is 0.250 e. The van der Waals surface area contributed by atoms with Gasteiger partial charge in [0, 0.05) is 29.4 Å². The van der Waals surface area contributed by atoms with Crippen molar-refractivity contribution in [2.45, 2.75) is 32.7 Å². The van der Waals surface area contributed by atoms with Crippen LogP contribution in [0.25, 0.3) is 0 Å². The minimum atomic E-state index is -0.287. The molecule has 0 radical (unpaired) electrons. The van der Waals surface area contributed by atoms with Gasteiger partial charge in [-0.05, 0) is 6.07 Å². The minimum Gasteiger partial charge on any atom is -0.308 e. The summed E-state index contributed by atoms with van der Waals surface area (Å²) in [5.41, 5.74) is 0.663. The van der Waals surface area contributed by atoms with Crippen LogP contribution in [0, 0.1) is 0 Å². The Morgan fingerprint density at radius 3 is 2.75 bits per heavy atom. The Hall–Kier alpha value is -2.37. The molecule has 6 heteroatoms. The fraction of sp³-hybridized carbons (Fsp3) is 0.357. The number of hydrogen-bond donors (Lipinski definition) is 2. The first-order chi connectivity index (χ1) is 9.36. The molecular formula is C14H18N4O2. The zero-order chi connectivity index (χ0) is 14.8. The number of nitrogens with zero attached hydrogens (tertiary/aromatic N) is 2. The lowest BCUT2D eigenvalue weighted by Gasteiger charge is -2.14. The normalized spacial score (nSPS) is 11.3. The van der Waals surface area contributed by atoms with Gasteiger partial charge in [0.15, 0.2) is 5.82 Å². The Bertz CT molecular complexity index is 664. The number of aromatic amines is 1. The van der Waals surface area contributed by atoms with Crippen LogP contribution in [-0.4, -0.2) is 20.7 Å². The summed E-state index contributed by atoms with van der Waals surface area (Å²) in [6.45, 7) is 6.12. The van der Waals surface area contributed by atoms with Gasteiger partial charge in [0.2, 0.25) is 5.91 Å². The van der Waals surface area contributed by atoms with E-state index in [-0.39, 0.29) is 23.4 Å². The maximum absolute atomic E-state index is 11.9. The first-order valence-electron chi connectivity index (χ1n) is 6.37. The van der Waals surface area contributed by atoms with Crippen molar-refractivity contribution in [1.82, 2.24) is 14.8 Å². The van der Waals surface area contributed by atoms with E-state index in [2.05, 4.69) is 36.3 Å². The summed E-state index contributed by atoms with van der Waals surface area (Å²) < 4.78 is 1.34. The molecule has 0 atom stereocenters. The van der Waals surface area contributed by atoms with Gasteiger partial charge >= 0.3 is 0 Å². The average molecular weight is 274 g/mol. The summed E-state index contributed by atoms with van der Waals surface area (Å²) in [7, 11) is 0. The summed E-state index contributed by atoms with van der Waals surface area (Å²) in [6.07, 6.45) is 1.58. The number of aromatic nitrogens is 3. The summed E-state index contributed by atoms with van der Waals surface area (Å²) >= 11 is 0. The Kier molecular flexibility index (Phi) is 3.74. The highest BCUT2D eigenvalue weighted by Gasteiger charge is 2.17. The lowest BCUT2D eigenvalue weighted by Crippen LogP contribution is -2.26. The SMILES string of the molecule is CC(C)(C)c1cc(NC(=O)Cn2ccccc2=O)n[nH]1. The Morgan fingerprint density at radius 2 is 2.15 bits per heavy atom. The van der Waals surface area contributed by atoms with E-state index in [9.17, 15) is 9.59 Å². The number of nitrogens with one attached hydrogen (secondary N) is 2. The van der Waals surface area contributed by atoms with Gasteiger partial charge in [-0.3, -0.25) is 14.7 Å². The molecule has 2 rings (SSSR count). The van der Waals surface area contributed by atoms with Crippen LogP contribution in [0.15, 0.2) is 35.3 Å². The van der Waals surface area contributed by atoms with E-state index < -0.39 is 0 Å². The third-order valence-electron chi connectivity index (χ3n) is 2.87. The van der Waals surface area contributed by atoms with Crippen molar-refractivity contribution in [1.29, 1.82) is 0 Å². The maximum atomic E-state index is 11.9. The number of carbonyl (C=O) groups is 1. The summed E-state index contributed by atoms with van der Waals surface area (Å²) in [5.74, 6) is 0.175. The van der Waals surface area contributed by atoms with Gasteiger partial charge in [-0.15, -0.1) is 0 Å². The Labute approximate surface area is 116 Å². The van der Waals surface area contributed by atoms with Gasteiger partial charge in [-0.1, -0.05) is 26.8 Å². The number of carbonyl (C=O) groups excluding carboxylic acids is 1. The van der Waals surface area contributed by atoms with E-state index in [0.717, 1.165) is 5.69 Å². The van der Waals surface area contributed by atoms with E-state index in [1.807, 2.05) is 0 Å². The highest BCUT2D eigenvalue weighted by Crippen LogP contribution is 2.21. The van der Waals surface area contributed by atoms with Crippen molar-refractivity contribution in [3.63, 3.8) is 0 Å². The Morgan fingerprint density at radius 1 is 1.40 bits per heavy atom. The molecule has 0 aliphatic carbocycles. The number of pyridine rings is 1. The molecule has 1 amide bonds. The zero-order valence-electron chi connectivity index (χ0n) is 11.8. The quantitative estimate of drug-likeness (QED) is 0.890. The van der Waals surface area contributed by atoms with Gasteiger partial charge in [-0.2, -0.15) is 5.10 Å². The lowest BCUT2D eigenvalue weighted by molar-refractivity contribution is -0.116. The number of H-pyrrole nitrogens is 1. The van der Waals surface area contributed by atoms with Crippen LogP contribution in [0.4, 0.5) is 5.82 Å². The van der Waals surface area contributed by atoms with Crippen LogP contribution in [0.1, 0.15) is 26.5 Å². The number of anilines is 1. The standard InChI is InChI=1S/C14H18N4O2/c1-14(2,3)10-8-11(17-16-10)15-12(19)9-18-7-5-4-6-13(18)20/h4-8H,9H2,1-3H3,(H2,15,16,17,19). The monoisotopic (exact) mass is 274 g/mol. The molecule has 0 aliphatic rings. The third-order valence-corrected chi connectivity index (χ3v) is 2.87. The average Bonchev–Trinajstić information content (AvgIpc) is 2.80. The van der Waals surface area contributed by atoms with Crippen LogP contribution in [0.2, 0.25) is 0 Å². The third kappa shape index (κ3) is 3.34. The van der Waals surface area contributed by atoms with Gasteiger partial charge in [0.05, 0.1) is 0 Å². The number of amides is 1. The van der Waals surface area contributed by atoms with Gasteiger partial charge in [0.25, 0.3) is 5.56 Å². The van der Waals surface area contributed by atoms with Crippen molar-refractivity contribution >= 4 is 11.7 Å². The molecule has 0 spiro atoms. The molecule has 2 aromatic rings. The van der Waals surface area contributed by atoms with Crippen LogP contribution in [-0.2, 0) is 16.8 Å². The van der Waals surface area contributed by atoms with E-state index >= 15 is 0 Å². The second kappa shape index (κ2) is 5.32. The van der Waals surface area contributed by atoms with Crippen LogP contribution >= 0.6 is 0 Å². The summed E-state index contributed by atoms with van der Waals surface area (Å²) in [6, 6.07) is 6.56. The number of hydrogen-bond acceptors (Lipinski definition) is 3. The molecule has 0 bridgehead atoms. The predicted octanol–water partition coefficient (Wildman–Crippen LogP) is 1.51. The fourth-order valence-corrected chi connectivity index (χ4v) is 1.70. The maximum Gasteiger partial charge on any atom is 0.250 e.